The van der Waals surface area contributed by atoms with E-state index in [1.165, 1.54) is 6.07 Å². The van der Waals surface area contributed by atoms with Crippen LogP contribution in [0, 0.1) is 12.8 Å². The fourth-order valence-corrected chi connectivity index (χ4v) is 5.60. The number of likely N-dealkylation sites (N-methyl/N-ethyl adjacent to an activating group) is 1. The van der Waals surface area contributed by atoms with E-state index in [-0.39, 0.29) is 29.2 Å². The lowest BCUT2D eigenvalue weighted by atomic mass is 9.95. The highest BCUT2D eigenvalue weighted by molar-refractivity contribution is 6.37. The fourth-order valence-electron chi connectivity index (χ4n) is 5.60. The summed E-state index contributed by atoms with van der Waals surface area (Å²) in [5.74, 6) is -1.52. The lowest BCUT2D eigenvalue weighted by molar-refractivity contribution is -0.126. The Morgan fingerprint density at radius 3 is 2.30 bits per heavy atom. The van der Waals surface area contributed by atoms with Gasteiger partial charge in [0.15, 0.2) is 0 Å². The molecule has 0 unspecified atom stereocenters. The number of rotatable bonds is 9. The maximum absolute atomic E-state index is 13.3. The van der Waals surface area contributed by atoms with E-state index in [9.17, 15) is 24.3 Å². The van der Waals surface area contributed by atoms with E-state index in [4.69, 9.17) is 0 Å². The zero-order chi connectivity index (χ0) is 31.4. The molecular weight excluding hydrogens is 558 g/mol. The Morgan fingerprint density at radius 2 is 1.66 bits per heavy atom. The van der Waals surface area contributed by atoms with Gasteiger partial charge in [0.2, 0.25) is 5.91 Å². The van der Waals surface area contributed by atoms with Crippen molar-refractivity contribution in [3.8, 4) is 0 Å². The van der Waals surface area contributed by atoms with Crippen LogP contribution in [-0.2, 0) is 9.59 Å². The number of aryl methyl sites for hydroxylation is 1. The van der Waals surface area contributed by atoms with Gasteiger partial charge in [-0.15, -0.1) is 0 Å². The Balaban J connectivity index is 1.33. The third kappa shape index (κ3) is 6.65. The number of carbonyl (C=O) groups is 4. The molecule has 0 aliphatic carbocycles. The van der Waals surface area contributed by atoms with E-state index in [1.807, 2.05) is 49.3 Å². The highest BCUT2D eigenvalue weighted by atomic mass is 16.4. The number of nitrogens with zero attached hydrogens (tertiary/aromatic N) is 2. The average Bonchev–Trinajstić information content (AvgIpc) is 3.33. The van der Waals surface area contributed by atoms with Gasteiger partial charge in [0.05, 0.1) is 22.5 Å². The Labute approximate surface area is 256 Å². The smallest absolute Gasteiger partial charge is 0.336 e. The lowest BCUT2D eigenvalue weighted by Gasteiger charge is -2.31. The van der Waals surface area contributed by atoms with Crippen molar-refractivity contribution >= 4 is 46.3 Å². The van der Waals surface area contributed by atoms with Gasteiger partial charge in [0.1, 0.15) is 0 Å². The molecule has 3 amide bonds. The van der Waals surface area contributed by atoms with Crippen molar-refractivity contribution < 1.29 is 24.3 Å². The monoisotopic (exact) mass is 595 g/mol. The lowest BCUT2D eigenvalue weighted by Crippen LogP contribution is -2.44. The summed E-state index contributed by atoms with van der Waals surface area (Å²) >= 11 is 0. The van der Waals surface area contributed by atoms with Crippen LogP contribution in [0.3, 0.4) is 0 Å². The van der Waals surface area contributed by atoms with Crippen molar-refractivity contribution in [3.63, 3.8) is 0 Å². The molecule has 4 N–H and O–H groups in total. The van der Waals surface area contributed by atoms with E-state index in [0.717, 1.165) is 12.1 Å². The molecule has 1 fully saturated rings. The first-order valence-electron chi connectivity index (χ1n) is 14.7. The van der Waals surface area contributed by atoms with Crippen LogP contribution in [-0.4, -0.2) is 78.9 Å². The summed E-state index contributed by atoms with van der Waals surface area (Å²) in [7, 11) is 3.93. The number of piperidine rings is 1. The molecule has 44 heavy (non-hydrogen) atoms. The maximum Gasteiger partial charge on any atom is 0.336 e. The van der Waals surface area contributed by atoms with Crippen molar-refractivity contribution in [2.24, 2.45) is 5.92 Å². The topological polar surface area (TPSA) is 131 Å². The van der Waals surface area contributed by atoms with Crippen molar-refractivity contribution in [3.05, 3.63) is 94.5 Å². The highest BCUT2D eigenvalue weighted by Gasteiger charge is 2.31. The largest absolute Gasteiger partial charge is 0.478 e. The normalized spacial score (nSPS) is 15.9. The summed E-state index contributed by atoms with van der Waals surface area (Å²) in [5.41, 5.74) is 4.71. The molecule has 10 nitrogen and oxygen atoms in total. The number of carboxylic acids is 1. The molecule has 0 radical (unpaired) electrons. The number of amides is 3. The zero-order valence-electron chi connectivity index (χ0n) is 25.1. The molecule has 0 atom stereocenters. The molecule has 3 aromatic rings. The summed E-state index contributed by atoms with van der Waals surface area (Å²) in [6.07, 6.45) is 1.26. The average molecular weight is 596 g/mol. The summed E-state index contributed by atoms with van der Waals surface area (Å²) in [6, 6.07) is 19.7. The number of benzene rings is 3. The molecule has 0 aromatic heterocycles. The molecule has 2 aliphatic rings. The molecule has 10 heteroatoms. The van der Waals surface area contributed by atoms with Crippen LogP contribution in [0.15, 0.2) is 66.7 Å². The van der Waals surface area contributed by atoms with Gasteiger partial charge in [-0.25, -0.2) is 4.79 Å². The first-order valence-corrected chi connectivity index (χ1v) is 14.7. The van der Waals surface area contributed by atoms with Crippen LogP contribution in [0.2, 0.25) is 0 Å². The summed E-state index contributed by atoms with van der Waals surface area (Å²) in [5, 5.41) is 18.7. The molecule has 1 saturated heterocycles. The van der Waals surface area contributed by atoms with Gasteiger partial charge in [-0.2, -0.15) is 0 Å². The van der Waals surface area contributed by atoms with Gasteiger partial charge in [0, 0.05) is 48.9 Å². The second-order valence-corrected chi connectivity index (χ2v) is 11.5. The molecule has 3 aromatic carbocycles. The Morgan fingerprint density at radius 1 is 0.977 bits per heavy atom. The first-order chi connectivity index (χ1) is 21.1. The quantitative estimate of drug-likeness (QED) is 0.273. The van der Waals surface area contributed by atoms with E-state index >= 15 is 0 Å². The van der Waals surface area contributed by atoms with Crippen LogP contribution in [0.5, 0.6) is 0 Å². The zero-order valence-corrected chi connectivity index (χ0v) is 25.1. The standard InChI is InChI=1S/C34H37N5O5/c1-21-19-27-28(20-26(21)34(43)44)37-32(41)29(27)30(22-7-5-4-6-8-22)36-25-11-9-24(10-12-25)33(42)39-16-13-23(14-17-39)31(40)35-15-18-38(2)3/h4-12,19-20,23,36H,13-18H2,1-3H3,(H,35,40)(H,37,41)(H,43,44). The Bertz CT molecular complexity index is 1610. The predicted molar refractivity (Wildman–Crippen MR) is 170 cm³/mol. The van der Waals surface area contributed by atoms with Crippen LogP contribution in [0.4, 0.5) is 11.4 Å². The van der Waals surface area contributed by atoms with Crippen molar-refractivity contribution in [2.45, 2.75) is 19.8 Å². The number of carbonyl (C=O) groups excluding carboxylic acids is 3. The van der Waals surface area contributed by atoms with Crippen molar-refractivity contribution in [1.29, 1.82) is 0 Å². The molecule has 0 bridgehead atoms. The number of anilines is 2. The molecule has 0 saturated carbocycles. The minimum Gasteiger partial charge on any atom is -0.478 e. The Kier molecular flexibility index (Phi) is 9.10. The maximum atomic E-state index is 13.3. The van der Waals surface area contributed by atoms with E-state index in [1.54, 1.807) is 42.2 Å². The summed E-state index contributed by atoms with van der Waals surface area (Å²) in [6.45, 7) is 4.14. The fraction of sp³-hybridized carbons (Fsp3) is 0.294. The third-order valence-corrected chi connectivity index (χ3v) is 8.06. The second kappa shape index (κ2) is 13.1. The van der Waals surface area contributed by atoms with Crippen molar-refractivity contribution in [2.75, 3.05) is 50.9 Å². The van der Waals surface area contributed by atoms with Crippen LogP contribution in [0.1, 0.15) is 50.2 Å². The molecule has 5 rings (SSSR count). The number of likely N-dealkylation sites (tertiary alicyclic amines) is 1. The minimum atomic E-state index is -1.06. The Hall–Kier alpha value is -4.96. The molecule has 2 heterocycles. The van der Waals surface area contributed by atoms with Gasteiger partial charge in [-0.3, -0.25) is 14.4 Å². The molecule has 0 spiro atoms. The number of hydrogen-bond donors (Lipinski definition) is 4. The van der Waals surface area contributed by atoms with Crippen LogP contribution < -0.4 is 16.0 Å². The minimum absolute atomic E-state index is 0.0498. The number of fused-ring (bicyclic) bond motifs is 1. The summed E-state index contributed by atoms with van der Waals surface area (Å²) in [4.78, 5) is 54.5. The third-order valence-electron chi connectivity index (χ3n) is 8.06. The van der Waals surface area contributed by atoms with E-state index in [0.29, 0.717) is 71.8 Å². The van der Waals surface area contributed by atoms with Gasteiger partial charge in [-0.05, 0) is 81.4 Å². The second-order valence-electron chi connectivity index (χ2n) is 11.5. The number of nitrogens with one attached hydrogen (secondary N) is 3. The van der Waals surface area contributed by atoms with Gasteiger partial charge in [0.25, 0.3) is 11.8 Å². The summed E-state index contributed by atoms with van der Waals surface area (Å²) < 4.78 is 0. The predicted octanol–water partition coefficient (Wildman–Crippen LogP) is 4.16. The molecule has 2 aliphatic heterocycles. The van der Waals surface area contributed by atoms with Crippen molar-refractivity contribution in [1.82, 2.24) is 15.1 Å². The van der Waals surface area contributed by atoms with Crippen LogP contribution in [0.25, 0.3) is 11.3 Å². The SMILES string of the molecule is Cc1cc2c(cc1C(=O)O)NC(=O)C2=C(Nc1ccc(C(=O)N2CCC(C(=O)NCCN(C)C)CC2)cc1)c1ccccc1. The van der Waals surface area contributed by atoms with Crippen LogP contribution >= 0.6 is 0 Å². The van der Waals surface area contributed by atoms with Gasteiger partial charge >= 0.3 is 5.97 Å². The number of hydrogen-bond acceptors (Lipinski definition) is 6. The van der Waals surface area contributed by atoms with Gasteiger partial charge in [-0.1, -0.05) is 30.3 Å². The van der Waals surface area contributed by atoms with E-state index in [2.05, 4.69) is 16.0 Å². The highest BCUT2D eigenvalue weighted by Crippen LogP contribution is 2.39. The number of carboxylic acid groups (broad SMARTS) is 1. The van der Waals surface area contributed by atoms with Gasteiger partial charge < -0.3 is 30.9 Å². The molecular formula is C34H37N5O5. The first kappa shape index (κ1) is 30.5. The number of aromatic carboxylic acids is 1. The van der Waals surface area contributed by atoms with E-state index < -0.39 is 5.97 Å². The molecule has 228 valence electrons.